The van der Waals surface area contributed by atoms with E-state index < -0.39 is 17.8 Å². The second-order valence-corrected chi connectivity index (χ2v) is 6.09. The highest BCUT2D eigenvalue weighted by Crippen LogP contribution is 2.43. The third-order valence-electron chi connectivity index (χ3n) is 4.76. The van der Waals surface area contributed by atoms with Gasteiger partial charge < -0.3 is 24.6 Å². The summed E-state index contributed by atoms with van der Waals surface area (Å²) in [5.74, 6) is -1.23. The minimum absolute atomic E-state index is 0.202. The number of ether oxygens (including phenoxy) is 3. The summed E-state index contributed by atoms with van der Waals surface area (Å²) in [6.07, 6.45) is 0.848. The lowest BCUT2D eigenvalue weighted by molar-refractivity contribution is -0.147. The minimum atomic E-state index is -0.958. The first-order valence-electron chi connectivity index (χ1n) is 7.68. The van der Waals surface area contributed by atoms with Gasteiger partial charge in [-0.2, -0.15) is 0 Å². The zero-order valence-electron chi connectivity index (χ0n) is 12.4. The van der Waals surface area contributed by atoms with Gasteiger partial charge in [0.15, 0.2) is 11.5 Å². The molecule has 3 heterocycles. The van der Waals surface area contributed by atoms with Crippen LogP contribution in [0.5, 0.6) is 11.5 Å². The van der Waals surface area contributed by atoms with Gasteiger partial charge in [0.25, 0.3) is 0 Å². The molecule has 1 aromatic carbocycles. The molecule has 7 nitrogen and oxygen atoms in total. The molecule has 7 heteroatoms. The number of carboxylic acid groups (broad SMARTS) is 1. The summed E-state index contributed by atoms with van der Waals surface area (Å²) >= 11 is 0. The van der Waals surface area contributed by atoms with Crippen molar-refractivity contribution >= 4 is 11.9 Å². The molecule has 2 saturated heterocycles. The van der Waals surface area contributed by atoms with Crippen molar-refractivity contribution < 1.29 is 28.9 Å². The van der Waals surface area contributed by atoms with Gasteiger partial charge in [-0.15, -0.1) is 0 Å². The average molecular weight is 319 g/mol. The average Bonchev–Trinajstić information content (AvgIpc) is 3.25. The van der Waals surface area contributed by atoms with Crippen molar-refractivity contribution in [3.8, 4) is 11.5 Å². The fourth-order valence-electron chi connectivity index (χ4n) is 3.68. The lowest BCUT2D eigenvalue weighted by atomic mass is 9.78. The Hall–Kier alpha value is -2.28. The van der Waals surface area contributed by atoms with Crippen molar-refractivity contribution in [3.05, 3.63) is 23.8 Å². The molecule has 1 amide bonds. The van der Waals surface area contributed by atoms with Crippen LogP contribution in [0.1, 0.15) is 18.4 Å². The lowest BCUT2D eigenvalue weighted by Gasteiger charge is -2.23. The second kappa shape index (κ2) is 5.42. The number of benzene rings is 1. The highest BCUT2D eigenvalue weighted by molar-refractivity contribution is 5.86. The van der Waals surface area contributed by atoms with Crippen molar-refractivity contribution in [2.24, 2.45) is 11.8 Å². The van der Waals surface area contributed by atoms with Crippen LogP contribution >= 0.6 is 0 Å². The van der Waals surface area contributed by atoms with Gasteiger partial charge in [0.1, 0.15) is 0 Å². The maximum atomic E-state index is 12.4. The number of fused-ring (bicyclic) bond motifs is 3. The summed E-state index contributed by atoms with van der Waals surface area (Å²) in [7, 11) is 0. The second-order valence-electron chi connectivity index (χ2n) is 6.09. The van der Waals surface area contributed by atoms with Crippen LogP contribution in [0.2, 0.25) is 0 Å². The van der Waals surface area contributed by atoms with E-state index in [-0.39, 0.29) is 24.9 Å². The number of hydrogen-bond donors (Lipinski definition) is 2. The van der Waals surface area contributed by atoms with Gasteiger partial charge in [-0.25, -0.2) is 0 Å². The first-order valence-corrected chi connectivity index (χ1v) is 7.68. The fraction of sp³-hybridized carbons (Fsp3) is 0.500. The van der Waals surface area contributed by atoms with E-state index in [1.807, 2.05) is 12.1 Å². The van der Waals surface area contributed by atoms with Gasteiger partial charge in [-0.3, -0.25) is 9.59 Å². The van der Waals surface area contributed by atoms with Crippen LogP contribution in [0.3, 0.4) is 0 Å². The van der Waals surface area contributed by atoms with Crippen LogP contribution in [0.25, 0.3) is 0 Å². The van der Waals surface area contributed by atoms with Crippen molar-refractivity contribution in [1.82, 2.24) is 5.32 Å². The van der Waals surface area contributed by atoms with Crippen molar-refractivity contribution in [1.29, 1.82) is 0 Å². The monoisotopic (exact) mass is 319 g/mol. The third-order valence-corrected chi connectivity index (χ3v) is 4.76. The summed E-state index contributed by atoms with van der Waals surface area (Å²) in [6.45, 7) is 0.517. The Balaban J connectivity index is 1.43. The molecule has 3 aliphatic heterocycles. The maximum absolute atomic E-state index is 12.4. The number of carbonyl (C=O) groups excluding carboxylic acids is 1. The Morgan fingerprint density at radius 3 is 2.65 bits per heavy atom. The smallest absolute Gasteiger partial charge is 0.310 e. The first kappa shape index (κ1) is 14.3. The molecule has 0 saturated carbocycles. The molecule has 2 bridgehead atoms. The predicted molar refractivity (Wildman–Crippen MR) is 76.9 cm³/mol. The quantitative estimate of drug-likeness (QED) is 0.857. The van der Waals surface area contributed by atoms with Crippen molar-refractivity contribution in [2.75, 3.05) is 6.79 Å². The molecule has 2 fully saturated rings. The zero-order chi connectivity index (χ0) is 16.0. The molecule has 4 rings (SSSR count). The summed E-state index contributed by atoms with van der Waals surface area (Å²) in [6, 6.07) is 5.46. The first-order chi connectivity index (χ1) is 11.1. The normalized spacial score (nSPS) is 30.4. The molecular formula is C16H17NO6. The van der Waals surface area contributed by atoms with Gasteiger partial charge in [0.2, 0.25) is 12.7 Å². The minimum Gasteiger partial charge on any atom is -0.481 e. The topological polar surface area (TPSA) is 94.1 Å². The molecule has 3 aliphatic rings. The van der Waals surface area contributed by atoms with E-state index in [1.165, 1.54) is 0 Å². The Morgan fingerprint density at radius 1 is 1.13 bits per heavy atom. The van der Waals surface area contributed by atoms with E-state index in [0.717, 1.165) is 12.0 Å². The zero-order valence-corrected chi connectivity index (χ0v) is 12.4. The van der Waals surface area contributed by atoms with E-state index in [0.29, 0.717) is 24.5 Å². The molecule has 0 aromatic heterocycles. The highest BCUT2D eigenvalue weighted by Gasteiger charge is 2.55. The molecule has 122 valence electrons. The van der Waals surface area contributed by atoms with E-state index in [4.69, 9.17) is 14.2 Å². The van der Waals surface area contributed by atoms with Crippen LogP contribution in [0.15, 0.2) is 18.2 Å². The summed E-state index contributed by atoms with van der Waals surface area (Å²) in [5, 5.41) is 12.2. The number of nitrogens with one attached hydrogen (secondary N) is 1. The van der Waals surface area contributed by atoms with Gasteiger partial charge in [-0.05, 0) is 30.5 Å². The highest BCUT2D eigenvalue weighted by atomic mass is 16.7. The molecule has 0 aliphatic carbocycles. The molecule has 1 aromatic rings. The van der Waals surface area contributed by atoms with Gasteiger partial charge in [0.05, 0.1) is 24.0 Å². The Kier molecular flexibility index (Phi) is 3.37. The Morgan fingerprint density at radius 2 is 1.87 bits per heavy atom. The molecule has 0 radical (unpaired) electrons. The van der Waals surface area contributed by atoms with E-state index in [2.05, 4.69) is 5.32 Å². The van der Waals surface area contributed by atoms with Crippen LogP contribution in [-0.2, 0) is 20.9 Å². The number of rotatable bonds is 4. The number of carbonyl (C=O) groups is 2. The molecule has 0 spiro atoms. The molecule has 4 atom stereocenters. The van der Waals surface area contributed by atoms with Gasteiger partial charge in [0, 0.05) is 6.54 Å². The third kappa shape index (κ3) is 2.41. The summed E-state index contributed by atoms with van der Waals surface area (Å²) < 4.78 is 16.2. The number of carboxylic acids is 1. The van der Waals surface area contributed by atoms with Crippen LogP contribution in [0.4, 0.5) is 0 Å². The Labute approximate surface area is 132 Å². The maximum Gasteiger partial charge on any atom is 0.310 e. The predicted octanol–water partition coefficient (Wildman–Crippen LogP) is 0.910. The SMILES string of the molecule is O=C(NCc1ccc2c(c1)OCO2)[C@@H]1[C@H](C(=O)O)[C@@H]2CC[C@H]1O2. The molecular weight excluding hydrogens is 302 g/mol. The number of amides is 1. The molecule has 23 heavy (non-hydrogen) atoms. The standard InChI is InChI=1S/C16H17NO6/c18-15(13-10-3-4-11(23-10)14(13)16(19)20)17-6-8-1-2-9-12(5-8)22-7-21-9/h1-2,5,10-11,13-14H,3-4,6-7H2,(H,17,18)(H,19,20)/t10-,11+,13+,14-/m1/s1. The van der Waals surface area contributed by atoms with Gasteiger partial charge >= 0.3 is 5.97 Å². The Bertz CT molecular complexity index is 660. The van der Waals surface area contributed by atoms with E-state index in [9.17, 15) is 14.7 Å². The van der Waals surface area contributed by atoms with Gasteiger partial charge in [-0.1, -0.05) is 6.07 Å². The van der Waals surface area contributed by atoms with Crippen molar-refractivity contribution in [2.45, 2.75) is 31.6 Å². The number of aliphatic carboxylic acids is 1. The summed E-state index contributed by atoms with van der Waals surface area (Å²) in [5.41, 5.74) is 0.874. The van der Waals surface area contributed by atoms with Crippen LogP contribution in [0, 0.1) is 11.8 Å². The summed E-state index contributed by atoms with van der Waals surface area (Å²) in [4.78, 5) is 23.9. The molecule has 2 N–H and O–H groups in total. The van der Waals surface area contributed by atoms with E-state index >= 15 is 0 Å². The van der Waals surface area contributed by atoms with Crippen molar-refractivity contribution in [3.63, 3.8) is 0 Å². The largest absolute Gasteiger partial charge is 0.481 e. The number of hydrogen-bond acceptors (Lipinski definition) is 5. The van der Waals surface area contributed by atoms with Crippen LogP contribution in [-0.4, -0.2) is 36.0 Å². The van der Waals surface area contributed by atoms with Crippen LogP contribution < -0.4 is 14.8 Å². The van der Waals surface area contributed by atoms with E-state index in [1.54, 1.807) is 6.07 Å². The fourth-order valence-corrected chi connectivity index (χ4v) is 3.68. The lowest BCUT2D eigenvalue weighted by Crippen LogP contribution is -2.43. The molecule has 0 unspecified atom stereocenters.